The second-order valence-electron chi connectivity index (χ2n) is 8.28. The van der Waals surface area contributed by atoms with Crippen molar-refractivity contribution in [1.29, 1.82) is 0 Å². The van der Waals surface area contributed by atoms with Gasteiger partial charge in [-0.2, -0.15) is 4.31 Å². The molecule has 24 heavy (non-hydrogen) atoms. The molecule has 4 saturated carbocycles. The summed E-state index contributed by atoms with van der Waals surface area (Å²) >= 11 is 0. The summed E-state index contributed by atoms with van der Waals surface area (Å²) in [6.07, 6.45) is 6.96. The average Bonchev–Trinajstić information content (AvgIpc) is 2.54. The highest BCUT2D eigenvalue weighted by Gasteiger charge is 2.54. The summed E-state index contributed by atoms with van der Waals surface area (Å²) in [5.74, 6) is 2.27. The fourth-order valence-corrected chi connectivity index (χ4v) is 7.15. The van der Waals surface area contributed by atoms with Gasteiger partial charge in [-0.15, -0.1) is 0 Å². The number of hydrogen-bond donors (Lipinski definition) is 1. The zero-order valence-corrected chi connectivity index (χ0v) is 15.0. The molecule has 0 aromatic heterocycles. The van der Waals surface area contributed by atoms with Gasteiger partial charge in [-0.1, -0.05) is 0 Å². The van der Waals surface area contributed by atoms with Crippen LogP contribution in [0.2, 0.25) is 0 Å². The summed E-state index contributed by atoms with van der Waals surface area (Å²) in [4.78, 5) is 12.8. The first-order valence-electron chi connectivity index (χ1n) is 9.31. The van der Waals surface area contributed by atoms with Gasteiger partial charge >= 0.3 is 0 Å². The third-order valence-electron chi connectivity index (χ3n) is 6.53. The molecule has 5 rings (SSSR count). The van der Waals surface area contributed by atoms with Crippen LogP contribution >= 0.6 is 0 Å². The van der Waals surface area contributed by atoms with Gasteiger partial charge in [-0.05, 0) is 56.3 Å². The maximum atomic E-state index is 12.8. The summed E-state index contributed by atoms with van der Waals surface area (Å²) < 4.78 is 31.3. The Hall–Kier alpha value is -0.660. The van der Waals surface area contributed by atoms with Crippen molar-refractivity contribution in [3.63, 3.8) is 0 Å². The van der Waals surface area contributed by atoms with Crippen molar-refractivity contribution < 1.29 is 17.9 Å². The molecule has 0 unspecified atom stereocenters. The third kappa shape index (κ3) is 3.10. The number of nitrogens with zero attached hydrogens (tertiary/aromatic N) is 1. The van der Waals surface area contributed by atoms with Crippen LogP contribution in [0.1, 0.15) is 38.5 Å². The molecule has 5 fully saturated rings. The average molecular weight is 356 g/mol. The molecule has 7 heteroatoms. The number of rotatable bonds is 5. The van der Waals surface area contributed by atoms with Gasteiger partial charge in [-0.3, -0.25) is 4.79 Å². The zero-order chi connectivity index (χ0) is 16.8. The minimum Gasteiger partial charge on any atom is -0.379 e. The molecule has 1 heterocycles. The van der Waals surface area contributed by atoms with Crippen molar-refractivity contribution in [2.75, 3.05) is 38.6 Å². The summed E-state index contributed by atoms with van der Waals surface area (Å²) in [6.45, 7) is 1.98. The Kier molecular flexibility index (Phi) is 4.37. The number of amides is 1. The van der Waals surface area contributed by atoms with Crippen LogP contribution in [0.25, 0.3) is 0 Å². The van der Waals surface area contributed by atoms with E-state index in [1.54, 1.807) is 0 Å². The summed E-state index contributed by atoms with van der Waals surface area (Å²) in [7, 11) is -3.30. The summed E-state index contributed by atoms with van der Waals surface area (Å²) in [5.41, 5.74) is -0.197. The molecule has 1 aliphatic heterocycles. The maximum absolute atomic E-state index is 12.8. The van der Waals surface area contributed by atoms with Crippen molar-refractivity contribution in [1.82, 2.24) is 9.62 Å². The zero-order valence-electron chi connectivity index (χ0n) is 14.2. The van der Waals surface area contributed by atoms with Gasteiger partial charge in [0.1, 0.15) is 0 Å². The highest BCUT2D eigenvalue weighted by atomic mass is 32.2. The smallest absolute Gasteiger partial charge is 0.226 e. The minimum atomic E-state index is -3.30. The monoisotopic (exact) mass is 356 g/mol. The number of carbonyl (C=O) groups is 1. The predicted molar refractivity (Wildman–Crippen MR) is 89.8 cm³/mol. The Bertz CT molecular complexity index is 562. The first kappa shape index (κ1) is 16.8. The van der Waals surface area contributed by atoms with Gasteiger partial charge in [0.15, 0.2) is 0 Å². The van der Waals surface area contributed by atoms with Crippen molar-refractivity contribution in [2.45, 2.75) is 38.5 Å². The number of nitrogens with one attached hydrogen (secondary N) is 1. The Labute approximate surface area is 144 Å². The topological polar surface area (TPSA) is 75.7 Å². The molecule has 0 spiro atoms. The second-order valence-corrected chi connectivity index (χ2v) is 10.4. The van der Waals surface area contributed by atoms with E-state index in [0.29, 0.717) is 26.3 Å². The lowest BCUT2D eigenvalue weighted by molar-refractivity contribution is -0.146. The molecular weight excluding hydrogens is 328 g/mol. The summed E-state index contributed by atoms with van der Waals surface area (Å²) in [5, 5.41) is 2.96. The van der Waals surface area contributed by atoms with Crippen LogP contribution in [0, 0.1) is 23.2 Å². The van der Waals surface area contributed by atoms with E-state index in [-0.39, 0.29) is 23.6 Å². The molecular formula is C17H28N2O4S. The number of ether oxygens (including phenoxy) is 1. The fraction of sp³-hybridized carbons (Fsp3) is 0.941. The lowest BCUT2D eigenvalue weighted by atomic mass is 9.49. The molecule has 0 radical (unpaired) electrons. The molecule has 1 saturated heterocycles. The molecule has 0 atom stereocenters. The van der Waals surface area contributed by atoms with E-state index in [4.69, 9.17) is 4.74 Å². The van der Waals surface area contributed by atoms with Crippen LogP contribution < -0.4 is 5.32 Å². The number of morpholine rings is 1. The first-order chi connectivity index (χ1) is 11.5. The highest BCUT2D eigenvalue weighted by molar-refractivity contribution is 7.89. The number of carbonyl (C=O) groups excluding carboxylic acids is 1. The SMILES string of the molecule is O=C(NCCS(=O)(=O)N1CCOCC1)C12CC3CC(CC(C3)C1)C2. The predicted octanol–water partition coefficient (Wildman–Crippen LogP) is 0.981. The van der Waals surface area contributed by atoms with Gasteiger partial charge in [-0.25, -0.2) is 8.42 Å². The largest absolute Gasteiger partial charge is 0.379 e. The van der Waals surface area contributed by atoms with Crippen LogP contribution in [0.3, 0.4) is 0 Å². The van der Waals surface area contributed by atoms with Crippen LogP contribution in [-0.4, -0.2) is 57.2 Å². The van der Waals surface area contributed by atoms with Crippen LogP contribution in [0.4, 0.5) is 0 Å². The van der Waals surface area contributed by atoms with Crippen molar-refractivity contribution in [2.24, 2.45) is 23.2 Å². The Morgan fingerprint density at radius 2 is 1.58 bits per heavy atom. The van der Waals surface area contributed by atoms with Crippen LogP contribution in [0.15, 0.2) is 0 Å². The molecule has 0 aromatic rings. The van der Waals surface area contributed by atoms with Crippen LogP contribution in [-0.2, 0) is 19.6 Å². The summed E-state index contributed by atoms with van der Waals surface area (Å²) in [6, 6.07) is 0. The van der Waals surface area contributed by atoms with Crippen molar-refractivity contribution in [3.05, 3.63) is 0 Å². The number of sulfonamides is 1. The normalized spacial score (nSPS) is 39.1. The van der Waals surface area contributed by atoms with Crippen molar-refractivity contribution >= 4 is 15.9 Å². The van der Waals surface area contributed by atoms with Crippen LogP contribution in [0.5, 0.6) is 0 Å². The Balaban J connectivity index is 1.32. The van der Waals surface area contributed by atoms with Gasteiger partial charge in [0.2, 0.25) is 15.9 Å². The quantitative estimate of drug-likeness (QED) is 0.797. The number of hydrogen-bond acceptors (Lipinski definition) is 4. The molecule has 1 N–H and O–H groups in total. The van der Waals surface area contributed by atoms with E-state index < -0.39 is 10.0 Å². The third-order valence-corrected chi connectivity index (χ3v) is 8.40. The van der Waals surface area contributed by atoms with Gasteiger partial charge in [0, 0.05) is 25.0 Å². The Morgan fingerprint density at radius 1 is 1.04 bits per heavy atom. The van der Waals surface area contributed by atoms with E-state index in [1.165, 1.54) is 23.6 Å². The lowest BCUT2D eigenvalue weighted by Crippen LogP contribution is -2.54. The molecule has 136 valence electrons. The standard InChI is InChI=1S/C17H28N2O4S/c20-16(17-10-13-7-14(11-17)9-15(8-13)12-17)18-1-6-24(21,22)19-2-4-23-5-3-19/h13-15H,1-12H2,(H,18,20). The van der Waals surface area contributed by atoms with Gasteiger partial charge < -0.3 is 10.1 Å². The van der Waals surface area contributed by atoms with E-state index in [9.17, 15) is 13.2 Å². The molecule has 4 bridgehead atoms. The molecule has 1 amide bonds. The first-order valence-corrected chi connectivity index (χ1v) is 10.9. The van der Waals surface area contributed by atoms with E-state index in [0.717, 1.165) is 37.0 Å². The van der Waals surface area contributed by atoms with E-state index in [2.05, 4.69) is 5.32 Å². The lowest BCUT2D eigenvalue weighted by Gasteiger charge is -2.55. The highest BCUT2D eigenvalue weighted by Crippen LogP contribution is 2.60. The van der Waals surface area contributed by atoms with Gasteiger partial charge in [0.25, 0.3) is 0 Å². The Morgan fingerprint density at radius 3 is 2.12 bits per heavy atom. The van der Waals surface area contributed by atoms with Gasteiger partial charge in [0.05, 0.1) is 19.0 Å². The second kappa shape index (κ2) is 6.25. The molecule has 4 aliphatic carbocycles. The van der Waals surface area contributed by atoms with E-state index >= 15 is 0 Å². The molecule has 0 aromatic carbocycles. The fourth-order valence-electron chi connectivity index (χ4n) is 5.82. The molecule has 5 aliphatic rings. The molecule has 6 nitrogen and oxygen atoms in total. The minimum absolute atomic E-state index is 0.00882. The van der Waals surface area contributed by atoms with E-state index in [1.807, 2.05) is 0 Å². The van der Waals surface area contributed by atoms with Crippen molar-refractivity contribution in [3.8, 4) is 0 Å². The maximum Gasteiger partial charge on any atom is 0.226 e.